The Bertz CT molecular complexity index is 974. The molecule has 6 nitrogen and oxygen atoms in total. The Hall–Kier alpha value is -2.34. The second-order valence-electron chi connectivity index (χ2n) is 9.36. The molecule has 1 aromatic carbocycles. The van der Waals surface area contributed by atoms with Crippen LogP contribution in [0.4, 0.5) is 0 Å². The van der Waals surface area contributed by atoms with E-state index in [0.717, 1.165) is 44.1 Å². The van der Waals surface area contributed by atoms with Gasteiger partial charge in [0.25, 0.3) is 5.91 Å². The molecular formula is C26H37N3O3. The van der Waals surface area contributed by atoms with Gasteiger partial charge in [-0.1, -0.05) is 0 Å². The van der Waals surface area contributed by atoms with Crippen LogP contribution in [0.15, 0.2) is 18.2 Å². The number of benzene rings is 1. The fourth-order valence-corrected chi connectivity index (χ4v) is 5.68. The maximum atomic E-state index is 13.1. The van der Waals surface area contributed by atoms with E-state index >= 15 is 0 Å². The van der Waals surface area contributed by atoms with E-state index in [4.69, 9.17) is 4.74 Å². The highest BCUT2D eigenvalue weighted by Gasteiger charge is 2.31. The van der Waals surface area contributed by atoms with Gasteiger partial charge in [0.2, 0.25) is 5.91 Å². The number of rotatable bonds is 7. The number of aryl methyl sites for hydroxylation is 1. The predicted octanol–water partition coefficient (Wildman–Crippen LogP) is 3.79. The molecule has 1 aliphatic heterocycles. The lowest BCUT2D eigenvalue weighted by Gasteiger charge is -2.33. The third-order valence-corrected chi connectivity index (χ3v) is 7.52. The van der Waals surface area contributed by atoms with Crippen LogP contribution >= 0.6 is 0 Å². The summed E-state index contributed by atoms with van der Waals surface area (Å²) >= 11 is 0. The summed E-state index contributed by atoms with van der Waals surface area (Å²) in [5, 5.41) is 3.88. The first-order valence-corrected chi connectivity index (χ1v) is 12.2. The van der Waals surface area contributed by atoms with Gasteiger partial charge < -0.3 is 19.5 Å². The largest absolute Gasteiger partial charge is 0.381 e. The summed E-state index contributed by atoms with van der Waals surface area (Å²) in [4.78, 5) is 26.3. The zero-order valence-corrected chi connectivity index (χ0v) is 19.8. The van der Waals surface area contributed by atoms with Gasteiger partial charge in [0.05, 0.1) is 0 Å². The number of carbonyl (C=O) groups excluding carboxylic acids is 2. The van der Waals surface area contributed by atoms with Gasteiger partial charge in [0.15, 0.2) is 0 Å². The maximum Gasteiger partial charge on any atom is 0.253 e. The van der Waals surface area contributed by atoms with Crippen molar-refractivity contribution in [1.29, 1.82) is 0 Å². The van der Waals surface area contributed by atoms with E-state index in [-0.39, 0.29) is 11.8 Å². The molecular weight excluding hydrogens is 402 g/mol. The summed E-state index contributed by atoms with van der Waals surface area (Å²) < 4.78 is 8.05. The SMILES string of the molecule is CCn1c2c(c3cc(C(=O)N(C)CCCC(=O)NC)ccc31)CC(C1CCOCC1)CC2. The number of nitrogens with one attached hydrogen (secondary N) is 1. The van der Waals surface area contributed by atoms with Crippen molar-refractivity contribution in [2.24, 2.45) is 11.8 Å². The number of nitrogens with zero attached hydrogens (tertiary/aromatic N) is 2. The molecule has 32 heavy (non-hydrogen) atoms. The Labute approximate surface area is 191 Å². The molecule has 1 atom stereocenters. The van der Waals surface area contributed by atoms with E-state index in [1.807, 2.05) is 13.1 Å². The third-order valence-electron chi connectivity index (χ3n) is 7.52. The van der Waals surface area contributed by atoms with Crippen LogP contribution in [-0.2, 0) is 28.9 Å². The monoisotopic (exact) mass is 439 g/mol. The molecule has 1 unspecified atom stereocenters. The van der Waals surface area contributed by atoms with Crippen molar-refractivity contribution in [3.63, 3.8) is 0 Å². The van der Waals surface area contributed by atoms with E-state index in [1.54, 1.807) is 11.9 Å². The van der Waals surface area contributed by atoms with Crippen LogP contribution in [0.25, 0.3) is 10.9 Å². The van der Waals surface area contributed by atoms with Gasteiger partial charge in [0, 0.05) is 69.0 Å². The van der Waals surface area contributed by atoms with Crippen LogP contribution in [0, 0.1) is 11.8 Å². The average molecular weight is 440 g/mol. The lowest BCUT2D eigenvalue weighted by molar-refractivity contribution is -0.120. The van der Waals surface area contributed by atoms with Crippen LogP contribution in [0.3, 0.4) is 0 Å². The minimum Gasteiger partial charge on any atom is -0.381 e. The summed E-state index contributed by atoms with van der Waals surface area (Å²) in [5.74, 6) is 1.51. The number of aromatic nitrogens is 1. The third kappa shape index (κ3) is 4.56. The topological polar surface area (TPSA) is 63.6 Å². The molecule has 2 aromatic rings. The average Bonchev–Trinajstić information content (AvgIpc) is 3.16. The van der Waals surface area contributed by atoms with E-state index in [2.05, 4.69) is 28.9 Å². The smallest absolute Gasteiger partial charge is 0.253 e. The molecule has 2 aliphatic rings. The normalized spacial score (nSPS) is 19.0. The van der Waals surface area contributed by atoms with Crippen LogP contribution in [0.1, 0.15) is 60.6 Å². The van der Waals surface area contributed by atoms with E-state index in [1.165, 1.54) is 41.4 Å². The Morgan fingerprint density at radius 3 is 2.69 bits per heavy atom. The van der Waals surface area contributed by atoms with E-state index in [0.29, 0.717) is 25.3 Å². The molecule has 1 aromatic heterocycles. The van der Waals surface area contributed by atoms with Gasteiger partial charge in [0.1, 0.15) is 0 Å². The highest BCUT2D eigenvalue weighted by atomic mass is 16.5. The number of ether oxygens (including phenoxy) is 1. The molecule has 1 N–H and O–H groups in total. The lowest BCUT2D eigenvalue weighted by atomic mass is 9.75. The summed E-state index contributed by atoms with van der Waals surface area (Å²) in [6, 6.07) is 6.21. The fraction of sp³-hybridized carbons (Fsp3) is 0.615. The molecule has 1 saturated heterocycles. The molecule has 0 spiro atoms. The Kier molecular flexibility index (Phi) is 7.19. The first kappa shape index (κ1) is 22.8. The number of amides is 2. The standard InChI is InChI=1S/C26H37N3O3/c1-4-29-23-9-7-19(18-11-14-32-15-12-18)16-21(23)22-17-20(8-10-24(22)29)26(31)28(3)13-5-6-25(30)27-2/h8,10,17-19H,4-7,9,11-16H2,1-3H3,(H,27,30). The van der Waals surface area contributed by atoms with Crippen molar-refractivity contribution in [3.05, 3.63) is 35.0 Å². The molecule has 1 aliphatic carbocycles. The van der Waals surface area contributed by atoms with Gasteiger partial charge in [-0.05, 0) is 81.0 Å². The van der Waals surface area contributed by atoms with E-state index < -0.39 is 0 Å². The highest BCUT2D eigenvalue weighted by Crippen LogP contribution is 2.39. The van der Waals surface area contributed by atoms with Crippen LogP contribution in [0.2, 0.25) is 0 Å². The predicted molar refractivity (Wildman–Crippen MR) is 127 cm³/mol. The number of hydrogen-bond donors (Lipinski definition) is 1. The molecule has 2 amide bonds. The number of carbonyl (C=O) groups is 2. The van der Waals surface area contributed by atoms with Crippen LogP contribution in [-0.4, -0.2) is 55.1 Å². The van der Waals surface area contributed by atoms with E-state index in [9.17, 15) is 9.59 Å². The lowest BCUT2D eigenvalue weighted by Crippen LogP contribution is -2.29. The van der Waals surface area contributed by atoms with Crippen molar-refractivity contribution < 1.29 is 14.3 Å². The van der Waals surface area contributed by atoms with Crippen molar-refractivity contribution in [3.8, 4) is 0 Å². The Morgan fingerprint density at radius 1 is 1.19 bits per heavy atom. The summed E-state index contributed by atoms with van der Waals surface area (Å²) in [6.07, 6.45) is 6.96. The first-order valence-electron chi connectivity index (χ1n) is 12.2. The van der Waals surface area contributed by atoms with Gasteiger partial charge in [-0.3, -0.25) is 9.59 Å². The number of hydrogen-bond acceptors (Lipinski definition) is 3. The van der Waals surface area contributed by atoms with Gasteiger partial charge >= 0.3 is 0 Å². The first-order chi connectivity index (χ1) is 15.5. The molecule has 0 bridgehead atoms. The molecule has 6 heteroatoms. The fourth-order valence-electron chi connectivity index (χ4n) is 5.68. The summed E-state index contributed by atoms with van der Waals surface area (Å²) in [7, 11) is 3.46. The van der Waals surface area contributed by atoms with Crippen molar-refractivity contribution in [2.45, 2.75) is 58.4 Å². The van der Waals surface area contributed by atoms with Gasteiger partial charge in [-0.2, -0.15) is 0 Å². The Balaban J connectivity index is 1.56. The van der Waals surface area contributed by atoms with Crippen LogP contribution in [0.5, 0.6) is 0 Å². The second-order valence-corrected chi connectivity index (χ2v) is 9.36. The van der Waals surface area contributed by atoms with Crippen molar-refractivity contribution in [2.75, 3.05) is 33.9 Å². The van der Waals surface area contributed by atoms with Crippen molar-refractivity contribution >= 4 is 22.7 Å². The highest BCUT2D eigenvalue weighted by molar-refractivity contribution is 5.99. The molecule has 0 saturated carbocycles. The Morgan fingerprint density at radius 2 is 1.97 bits per heavy atom. The minimum absolute atomic E-state index is 0.0129. The molecule has 0 radical (unpaired) electrons. The molecule has 174 valence electrons. The summed E-state index contributed by atoms with van der Waals surface area (Å²) in [6.45, 7) is 5.54. The zero-order valence-electron chi connectivity index (χ0n) is 19.8. The number of fused-ring (bicyclic) bond motifs is 3. The quantitative estimate of drug-likeness (QED) is 0.714. The minimum atomic E-state index is 0.0129. The van der Waals surface area contributed by atoms with Crippen molar-refractivity contribution in [1.82, 2.24) is 14.8 Å². The summed E-state index contributed by atoms with van der Waals surface area (Å²) in [5.41, 5.74) is 4.92. The molecule has 2 heterocycles. The van der Waals surface area contributed by atoms with Crippen LogP contribution < -0.4 is 5.32 Å². The molecule has 1 fully saturated rings. The van der Waals surface area contributed by atoms with Gasteiger partial charge in [-0.25, -0.2) is 0 Å². The molecule has 4 rings (SSSR count). The zero-order chi connectivity index (χ0) is 22.7. The second kappa shape index (κ2) is 10.1. The van der Waals surface area contributed by atoms with Gasteiger partial charge in [-0.15, -0.1) is 0 Å². The maximum absolute atomic E-state index is 13.1.